The maximum atomic E-state index is 3.10. The summed E-state index contributed by atoms with van der Waals surface area (Å²) >= 11 is 2.37. The van der Waals surface area contributed by atoms with Crippen molar-refractivity contribution < 1.29 is 0 Å². The van der Waals surface area contributed by atoms with E-state index in [1.165, 1.54) is 4.43 Å². The molecular weight excluding hydrogens is 215 g/mol. The zero-order chi connectivity index (χ0) is 5.82. The molecule has 0 unspecified atom stereocenters. The molecule has 8 heavy (non-hydrogen) atoms. The Hall–Kier alpha value is 0.0700. The summed E-state index contributed by atoms with van der Waals surface area (Å²) in [4.78, 5) is 2.24. The van der Waals surface area contributed by atoms with Crippen molar-refractivity contribution in [2.24, 2.45) is 0 Å². The van der Waals surface area contributed by atoms with Gasteiger partial charge >= 0.3 is 0 Å². The molecule has 1 aliphatic heterocycles. The van der Waals surface area contributed by atoms with E-state index in [0.29, 0.717) is 0 Å². The van der Waals surface area contributed by atoms with Crippen molar-refractivity contribution in [1.29, 1.82) is 0 Å². The fraction of sp³-hybridized carbons (Fsp3) is 0.600. The second-order valence-electron chi connectivity index (χ2n) is 1.68. The molecule has 0 amide bonds. The fourth-order valence-corrected chi connectivity index (χ4v) is 1.26. The van der Waals surface area contributed by atoms with Crippen molar-refractivity contribution in [3.63, 3.8) is 0 Å². The normalized spacial score (nSPS) is 16.9. The number of nitrogens with zero attached hydrogens (tertiary/aromatic N) is 1. The molecule has 0 radical (unpaired) electrons. The van der Waals surface area contributed by atoms with Crippen LogP contribution in [0.2, 0.25) is 0 Å². The fourth-order valence-electron chi connectivity index (χ4n) is 0.643. The lowest BCUT2D eigenvalue weighted by atomic mass is 10.6. The van der Waals surface area contributed by atoms with Gasteiger partial charge < -0.3 is 10.2 Å². The van der Waals surface area contributed by atoms with Crippen molar-refractivity contribution in [3.05, 3.63) is 12.4 Å². The Kier molecular flexibility index (Phi) is 2.45. The van der Waals surface area contributed by atoms with Gasteiger partial charge in [0, 0.05) is 23.4 Å². The number of hydrogen-bond acceptors (Lipinski definition) is 2. The highest BCUT2D eigenvalue weighted by Crippen LogP contribution is 1.94. The van der Waals surface area contributed by atoms with Gasteiger partial charge in [-0.3, -0.25) is 0 Å². The van der Waals surface area contributed by atoms with Gasteiger partial charge in [-0.15, -0.1) is 0 Å². The summed E-state index contributed by atoms with van der Waals surface area (Å²) in [6.07, 6.45) is 4.06. The monoisotopic (exact) mass is 224 g/mol. The van der Waals surface area contributed by atoms with E-state index < -0.39 is 0 Å². The molecule has 1 heterocycles. The Balaban J connectivity index is 2.16. The summed E-state index contributed by atoms with van der Waals surface area (Å²) in [5.74, 6) is 0. The zero-order valence-corrected chi connectivity index (χ0v) is 6.76. The molecule has 2 nitrogen and oxygen atoms in total. The number of rotatable bonds is 2. The Morgan fingerprint density at radius 1 is 1.75 bits per heavy atom. The third kappa shape index (κ3) is 1.54. The highest BCUT2D eigenvalue weighted by molar-refractivity contribution is 14.1. The lowest BCUT2D eigenvalue weighted by molar-refractivity contribution is 0.418. The minimum Gasteiger partial charge on any atom is -0.373 e. The van der Waals surface area contributed by atoms with Crippen LogP contribution >= 0.6 is 22.6 Å². The predicted molar refractivity (Wildman–Crippen MR) is 42.7 cm³/mol. The SMILES string of the molecule is ICCN1C=CNC1. The minimum atomic E-state index is 0.989. The quantitative estimate of drug-likeness (QED) is 0.550. The van der Waals surface area contributed by atoms with Crippen LogP contribution in [-0.4, -0.2) is 22.5 Å². The van der Waals surface area contributed by atoms with E-state index >= 15 is 0 Å². The molecule has 0 bridgehead atoms. The summed E-state index contributed by atoms with van der Waals surface area (Å²) in [6.45, 7) is 2.15. The van der Waals surface area contributed by atoms with Crippen molar-refractivity contribution in [2.75, 3.05) is 17.6 Å². The smallest absolute Gasteiger partial charge is 0.0867 e. The van der Waals surface area contributed by atoms with Gasteiger partial charge in [0.15, 0.2) is 0 Å². The van der Waals surface area contributed by atoms with Crippen LogP contribution in [0.25, 0.3) is 0 Å². The number of alkyl halides is 1. The number of nitrogens with one attached hydrogen (secondary N) is 1. The maximum absolute atomic E-state index is 3.10. The summed E-state index contributed by atoms with van der Waals surface area (Å²) in [5.41, 5.74) is 0. The van der Waals surface area contributed by atoms with Crippen LogP contribution in [0.5, 0.6) is 0 Å². The molecule has 0 spiro atoms. The standard InChI is InChI=1S/C5H9IN2/c6-1-3-8-4-2-7-5-8/h2,4,7H,1,3,5H2. The van der Waals surface area contributed by atoms with Crippen LogP contribution in [0.1, 0.15) is 0 Å². The molecule has 0 aromatic carbocycles. The van der Waals surface area contributed by atoms with E-state index in [-0.39, 0.29) is 0 Å². The van der Waals surface area contributed by atoms with E-state index in [2.05, 4.69) is 39.0 Å². The van der Waals surface area contributed by atoms with Gasteiger partial charge in [0.05, 0.1) is 6.67 Å². The summed E-state index contributed by atoms with van der Waals surface area (Å²) in [5, 5.41) is 3.10. The molecule has 0 saturated heterocycles. The molecule has 0 saturated carbocycles. The van der Waals surface area contributed by atoms with Crippen LogP contribution in [0.3, 0.4) is 0 Å². The Bertz CT molecular complexity index is 92.4. The summed E-state index contributed by atoms with van der Waals surface area (Å²) < 4.78 is 1.20. The molecule has 0 fully saturated rings. The molecule has 0 aromatic heterocycles. The van der Waals surface area contributed by atoms with Crippen LogP contribution in [0.4, 0.5) is 0 Å². The molecule has 0 aromatic rings. The third-order valence-electron chi connectivity index (χ3n) is 1.07. The number of halogens is 1. The average Bonchev–Trinajstić information content (AvgIpc) is 2.19. The highest BCUT2D eigenvalue weighted by Gasteiger charge is 1.98. The van der Waals surface area contributed by atoms with Crippen molar-refractivity contribution in [3.8, 4) is 0 Å². The Morgan fingerprint density at radius 2 is 2.62 bits per heavy atom. The molecular formula is C5H9IN2. The zero-order valence-electron chi connectivity index (χ0n) is 4.60. The molecule has 46 valence electrons. The molecule has 1 rings (SSSR count). The first-order chi connectivity index (χ1) is 3.93. The van der Waals surface area contributed by atoms with Crippen LogP contribution in [0, 0.1) is 0 Å². The largest absolute Gasteiger partial charge is 0.373 e. The van der Waals surface area contributed by atoms with Gasteiger partial charge in [-0.2, -0.15) is 0 Å². The second-order valence-corrected chi connectivity index (χ2v) is 2.76. The first kappa shape index (κ1) is 6.19. The molecule has 1 N–H and O–H groups in total. The molecule has 0 atom stereocenters. The highest BCUT2D eigenvalue weighted by atomic mass is 127. The van der Waals surface area contributed by atoms with Gasteiger partial charge in [0.1, 0.15) is 0 Å². The first-order valence-electron chi connectivity index (χ1n) is 2.63. The van der Waals surface area contributed by atoms with E-state index in [9.17, 15) is 0 Å². The maximum Gasteiger partial charge on any atom is 0.0867 e. The van der Waals surface area contributed by atoms with Gasteiger partial charge in [-0.25, -0.2) is 0 Å². The first-order valence-corrected chi connectivity index (χ1v) is 4.16. The number of hydrogen-bond donors (Lipinski definition) is 1. The predicted octanol–water partition coefficient (Wildman–Crippen LogP) is 0.755. The van der Waals surface area contributed by atoms with E-state index in [1.54, 1.807) is 0 Å². The lowest BCUT2D eigenvalue weighted by Crippen LogP contribution is -2.22. The molecule has 0 aliphatic carbocycles. The topological polar surface area (TPSA) is 15.3 Å². The Labute approximate surface area is 63.1 Å². The van der Waals surface area contributed by atoms with Crippen molar-refractivity contribution >= 4 is 22.6 Å². The molecule has 1 aliphatic rings. The lowest BCUT2D eigenvalue weighted by Gasteiger charge is -2.11. The summed E-state index contributed by atoms with van der Waals surface area (Å²) in [7, 11) is 0. The van der Waals surface area contributed by atoms with Gasteiger partial charge in [0.2, 0.25) is 0 Å². The van der Waals surface area contributed by atoms with E-state index in [0.717, 1.165) is 13.2 Å². The van der Waals surface area contributed by atoms with E-state index in [1.807, 2.05) is 6.20 Å². The second kappa shape index (κ2) is 3.17. The van der Waals surface area contributed by atoms with Crippen molar-refractivity contribution in [1.82, 2.24) is 10.2 Å². The minimum absolute atomic E-state index is 0.989. The third-order valence-corrected chi connectivity index (χ3v) is 1.55. The Morgan fingerprint density at radius 3 is 3.12 bits per heavy atom. The van der Waals surface area contributed by atoms with Crippen molar-refractivity contribution in [2.45, 2.75) is 0 Å². The van der Waals surface area contributed by atoms with Gasteiger partial charge in [0.25, 0.3) is 0 Å². The summed E-state index contributed by atoms with van der Waals surface area (Å²) in [6, 6.07) is 0. The molecule has 3 heteroatoms. The van der Waals surface area contributed by atoms with Gasteiger partial charge in [-0.05, 0) is 0 Å². The van der Waals surface area contributed by atoms with Crippen LogP contribution in [0.15, 0.2) is 12.4 Å². The van der Waals surface area contributed by atoms with Crippen LogP contribution in [-0.2, 0) is 0 Å². The van der Waals surface area contributed by atoms with E-state index in [4.69, 9.17) is 0 Å². The van der Waals surface area contributed by atoms with Crippen LogP contribution < -0.4 is 5.32 Å². The van der Waals surface area contributed by atoms with Gasteiger partial charge in [-0.1, -0.05) is 22.6 Å². The average molecular weight is 224 g/mol.